The molecule has 0 aliphatic heterocycles. The average molecular weight is 288 g/mol. The SMILES string of the molecule is O=Cc1sc(Cl)cc1S(=O)(=O)c1ccccn1. The molecule has 0 bridgehead atoms. The van der Waals surface area contributed by atoms with Crippen molar-refractivity contribution in [3.63, 3.8) is 0 Å². The largest absolute Gasteiger partial charge is 0.297 e. The second-order valence-electron chi connectivity index (χ2n) is 3.07. The fraction of sp³-hybridized carbons (Fsp3) is 0. The molecule has 2 heterocycles. The van der Waals surface area contributed by atoms with Crippen molar-refractivity contribution in [3.8, 4) is 0 Å². The van der Waals surface area contributed by atoms with Crippen molar-refractivity contribution in [1.82, 2.24) is 4.98 Å². The van der Waals surface area contributed by atoms with Crippen molar-refractivity contribution in [3.05, 3.63) is 39.7 Å². The number of sulfone groups is 1. The Morgan fingerprint density at radius 3 is 2.71 bits per heavy atom. The van der Waals surface area contributed by atoms with E-state index in [1.165, 1.54) is 18.3 Å². The first-order valence-electron chi connectivity index (χ1n) is 4.46. The molecule has 0 fully saturated rings. The van der Waals surface area contributed by atoms with Gasteiger partial charge in [-0.25, -0.2) is 13.4 Å². The smallest absolute Gasteiger partial charge is 0.225 e. The van der Waals surface area contributed by atoms with Crippen LogP contribution in [0, 0.1) is 0 Å². The number of nitrogens with zero attached hydrogens (tertiary/aromatic N) is 1. The van der Waals surface area contributed by atoms with E-state index in [9.17, 15) is 13.2 Å². The van der Waals surface area contributed by atoms with Crippen molar-refractivity contribution in [1.29, 1.82) is 0 Å². The third-order valence-electron chi connectivity index (χ3n) is 2.00. The number of rotatable bonds is 3. The van der Waals surface area contributed by atoms with Crippen LogP contribution < -0.4 is 0 Å². The van der Waals surface area contributed by atoms with Crippen molar-refractivity contribution >= 4 is 39.1 Å². The highest BCUT2D eigenvalue weighted by Crippen LogP contribution is 2.31. The molecule has 0 aliphatic rings. The molecule has 88 valence electrons. The molecule has 0 N–H and O–H groups in total. The molecule has 2 rings (SSSR count). The zero-order valence-electron chi connectivity index (χ0n) is 8.33. The van der Waals surface area contributed by atoms with Gasteiger partial charge in [-0.3, -0.25) is 4.79 Å². The van der Waals surface area contributed by atoms with E-state index in [2.05, 4.69) is 4.98 Å². The summed E-state index contributed by atoms with van der Waals surface area (Å²) in [5.41, 5.74) is 0. The molecule has 0 saturated carbocycles. The quantitative estimate of drug-likeness (QED) is 0.813. The molecule has 7 heteroatoms. The summed E-state index contributed by atoms with van der Waals surface area (Å²) < 4.78 is 24.6. The van der Waals surface area contributed by atoms with Crippen LogP contribution in [0.3, 0.4) is 0 Å². The molecular weight excluding hydrogens is 282 g/mol. The first-order valence-corrected chi connectivity index (χ1v) is 7.14. The molecule has 0 unspecified atom stereocenters. The van der Waals surface area contributed by atoms with Gasteiger partial charge in [-0.1, -0.05) is 17.7 Å². The molecule has 0 amide bonds. The highest BCUT2D eigenvalue weighted by Gasteiger charge is 2.24. The fourth-order valence-electron chi connectivity index (χ4n) is 1.27. The van der Waals surface area contributed by atoms with Crippen LogP contribution in [0.25, 0.3) is 0 Å². The minimum absolute atomic E-state index is 0.0839. The Balaban J connectivity index is 2.64. The first kappa shape index (κ1) is 12.2. The van der Waals surface area contributed by atoms with Gasteiger partial charge in [0.15, 0.2) is 11.3 Å². The number of hydrogen-bond acceptors (Lipinski definition) is 5. The minimum atomic E-state index is -3.78. The summed E-state index contributed by atoms with van der Waals surface area (Å²) >= 11 is 6.64. The Labute approximate surface area is 107 Å². The van der Waals surface area contributed by atoms with Gasteiger partial charge in [0.2, 0.25) is 9.84 Å². The monoisotopic (exact) mass is 287 g/mol. The van der Waals surface area contributed by atoms with E-state index in [0.717, 1.165) is 11.3 Å². The molecule has 2 aromatic rings. The van der Waals surface area contributed by atoms with E-state index in [0.29, 0.717) is 6.29 Å². The number of carbonyl (C=O) groups is 1. The van der Waals surface area contributed by atoms with Gasteiger partial charge in [0.05, 0.1) is 14.1 Å². The van der Waals surface area contributed by atoms with Crippen LogP contribution in [0.4, 0.5) is 0 Å². The number of aromatic nitrogens is 1. The molecule has 0 aromatic carbocycles. The first-order chi connectivity index (χ1) is 8.05. The molecular formula is C10H6ClNO3S2. The number of halogens is 1. The van der Waals surface area contributed by atoms with Crippen molar-refractivity contribution in [2.24, 2.45) is 0 Å². The van der Waals surface area contributed by atoms with E-state index >= 15 is 0 Å². The van der Waals surface area contributed by atoms with Crippen LogP contribution in [0.2, 0.25) is 4.34 Å². The zero-order valence-corrected chi connectivity index (χ0v) is 10.7. The van der Waals surface area contributed by atoms with E-state index in [1.54, 1.807) is 12.1 Å². The average Bonchev–Trinajstić information content (AvgIpc) is 2.72. The summed E-state index contributed by atoms with van der Waals surface area (Å²) in [6.07, 6.45) is 1.85. The number of pyridine rings is 1. The lowest BCUT2D eigenvalue weighted by Crippen LogP contribution is -2.04. The van der Waals surface area contributed by atoms with Gasteiger partial charge in [-0.05, 0) is 18.2 Å². The Bertz CT molecular complexity index is 649. The van der Waals surface area contributed by atoms with Crippen molar-refractivity contribution in [2.75, 3.05) is 0 Å². The predicted molar refractivity (Wildman–Crippen MR) is 64.4 cm³/mol. The van der Waals surface area contributed by atoms with Gasteiger partial charge < -0.3 is 0 Å². The summed E-state index contributed by atoms with van der Waals surface area (Å²) in [4.78, 5) is 14.5. The second kappa shape index (κ2) is 4.56. The van der Waals surface area contributed by atoms with Gasteiger partial charge in [-0.2, -0.15) is 0 Å². The second-order valence-corrected chi connectivity index (χ2v) is 6.65. The summed E-state index contributed by atoms with van der Waals surface area (Å²) in [6, 6.07) is 5.81. The van der Waals surface area contributed by atoms with Gasteiger partial charge >= 0.3 is 0 Å². The van der Waals surface area contributed by atoms with Gasteiger partial charge in [-0.15, -0.1) is 11.3 Å². The maximum Gasteiger partial charge on any atom is 0.225 e. The van der Waals surface area contributed by atoms with Crippen LogP contribution in [-0.4, -0.2) is 19.7 Å². The minimum Gasteiger partial charge on any atom is -0.297 e. The standard InChI is InChI=1S/C10H6ClNO3S2/c11-9-5-8(7(6-13)16-9)17(14,15)10-3-1-2-4-12-10/h1-6H. The number of thiophene rings is 1. The Hall–Kier alpha value is -1.24. The molecule has 17 heavy (non-hydrogen) atoms. The lowest BCUT2D eigenvalue weighted by Gasteiger charge is -2.01. The molecule has 0 saturated heterocycles. The van der Waals surface area contributed by atoms with Crippen LogP contribution >= 0.6 is 22.9 Å². The van der Waals surface area contributed by atoms with Crippen LogP contribution in [0.15, 0.2) is 40.4 Å². The highest BCUT2D eigenvalue weighted by molar-refractivity contribution is 7.91. The van der Waals surface area contributed by atoms with Crippen LogP contribution in [-0.2, 0) is 9.84 Å². The lowest BCUT2D eigenvalue weighted by atomic mass is 10.5. The summed E-state index contributed by atoms with van der Waals surface area (Å²) in [5.74, 6) is 0. The van der Waals surface area contributed by atoms with Gasteiger partial charge in [0.25, 0.3) is 0 Å². The third kappa shape index (κ3) is 2.24. The van der Waals surface area contributed by atoms with E-state index in [1.807, 2.05) is 0 Å². The maximum absolute atomic E-state index is 12.2. The highest BCUT2D eigenvalue weighted by atomic mass is 35.5. The normalized spacial score (nSPS) is 11.4. The summed E-state index contributed by atoms with van der Waals surface area (Å²) in [5, 5.41) is -0.0995. The fourth-order valence-corrected chi connectivity index (χ4v) is 4.08. The molecule has 0 atom stereocenters. The Morgan fingerprint density at radius 1 is 1.35 bits per heavy atom. The third-order valence-corrected chi connectivity index (χ3v) is 5.03. The number of hydrogen-bond donors (Lipinski definition) is 0. The number of carbonyl (C=O) groups excluding carboxylic acids is 1. The summed E-state index contributed by atoms with van der Waals surface area (Å²) in [6.45, 7) is 0. The van der Waals surface area contributed by atoms with E-state index in [4.69, 9.17) is 11.6 Å². The topological polar surface area (TPSA) is 64.1 Å². The predicted octanol–water partition coefficient (Wildman–Crippen LogP) is 2.44. The van der Waals surface area contributed by atoms with Crippen molar-refractivity contribution < 1.29 is 13.2 Å². The van der Waals surface area contributed by atoms with Crippen LogP contribution in [0.1, 0.15) is 9.67 Å². The van der Waals surface area contributed by atoms with E-state index < -0.39 is 9.84 Å². The van der Waals surface area contributed by atoms with E-state index in [-0.39, 0.29) is 19.1 Å². The molecule has 2 aromatic heterocycles. The zero-order chi connectivity index (χ0) is 12.5. The Kier molecular flexibility index (Phi) is 3.28. The van der Waals surface area contributed by atoms with Gasteiger partial charge in [0, 0.05) is 6.20 Å². The number of aldehydes is 1. The molecule has 0 radical (unpaired) electrons. The van der Waals surface area contributed by atoms with Crippen LogP contribution in [0.5, 0.6) is 0 Å². The lowest BCUT2D eigenvalue weighted by molar-refractivity contribution is 0.112. The summed E-state index contributed by atoms with van der Waals surface area (Å²) in [7, 11) is -3.78. The van der Waals surface area contributed by atoms with Crippen molar-refractivity contribution in [2.45, 2.75) is 9.92 Å². The van der Waals surface area contributed by atoms with Gasteiger partial charge in [0.1, 0.15) is 0 Å². The molecule has 0 aliphatic carbocycles. The molecule has 0 spiro atoms. The maximum atomic E-state index is 12.2. The molecule has 4 nitrogen and oxygen atoms in total. The Morgan fingerprint density at radius 2 is 2.12 bits per heavy atom.